The highest BCUT2D eigenvalue weighted by molar-refractivity contribution is 5.67. The maximum Gasteiger partial charge on any atom is 0.0484 e. The van der Waals surface area contributed by atoms with E-state index in [-0.39, 0.29) is 0 Å². The molecule has 1 aromatic carbocycles. The lowest BCUT2D eigenvalue weighted by atomic mass is 9.95. The molecule has 3 atom stereocenters. The van der Waals surface area contributed by atoms with Crippen LogP contribution in [0.2, 0.25) is 0 Å². The number of nitrogens with zero attached hydrogens (tertiary/aromatic N) is 1. The highest BCUT2D eigenvalue weighted by Gasteiger charge is 2.40. The van der Waals surface area contributed by atoms with Crippen molar-refractivity contribution in [1.82, 2.24) is 5.32 Å². The largest absolute Gasteiger partial charge is 0.362 e. The van der Waals surface area contributed by atoms with Gasteiger partial charge in [0, 0.05) is 36.8 Å². The van der Waals surface area contributed by atoms with Gasteiger partial charge in [-0.05, 0) is 25.0 Å². The van der Waals surface area contributed by atoms with Crippen molar-refractivity contribution in [1.29, 1.82) is 0 Å². The topological polar surface area (TPSA) is 15.3 Å². The summed E-state index contributed by atoms with van der Waals surface area (Å²) in [6.07, 6.45) is 0. The van der Waals surface area contributed by atoms with Crippen molar-refractivity contribution in [2.75, 3.05) is 18.0 Å². The predicted octanol–water partition coefficient (Wildman–Crippen LogP) is 2.28. The van der Waals surface area contributed by atoms with Crippen LogP contribution in [-0.2, 0) is 0 Å². The average Bonchev–Trinajstić information content (AvgIpc) is 2.56. The molecule has 0 unspecified atom stereocenters. The molecule has 3 rings (SSSR count). The number of para-hydroxylation sites is 1. The molecule has 1 fully saturated rings. The van der Waals surface area contributed by atoms with Crippen LogP contribution < -0.4 is 10.2 Å². The van der Waals surface area contributed by atoms with E-state index in [1.165, 1.54) is 11.3 Å². The third kappa shape index (κ3) is 1.23. The van der Waals surface area contributed by atoms with Crippen molar-refractivity contribution >= 4 is 5.69 Å². The Morgan fingerprint density at radius 2 is 2.06 bits per heavy atom. The molecule has 2 aliphatic rings. The van der Waals surface area contributed by atoms with E-state index >= 15 is 0 Å². The Bertz CT molecular complexity index is 413. The van der Waals surface area contributed by atoms with Crippen LogP contribution in [0, 0.1) is 6.92 Å². The van der Waals surface area contributed by atoms with Gasteiger partial charge in [-0.2, -0.15) is 0 Å². The Balaban J connectivity index is 2.14. The van der Waals surface area contributed by atoms with Crippen LogP contribution in [0.15, 0.2) is 18.2 Å². The quantitative estimate of drug-likeness (QED) is 0.715. The van der Waals surface area contributed by atoms with Crippen molar-refractivity contribution in [3.63, 3.8) is 0 Å². The fourth-order valence-electron chi connectivity index (χ4n) is 3.38. The minimum atomic E-state index is 0.614. The molecule has 0 amide bonds. The Hall–Kier alpha value is -1.02. The van der Waals surface area contributed by atoms with Crippen molar-refractivity contribution in [2.45, 2.75) is 38.8 Å². The number of aryl methyl sites for hydroxylation is 1. The molecule has 0 spiro atoms. The zero-order chi connectivity index (χ0) is 11.3. The molecule has 2 aliphatic heterocycles. The number of anilines is 1. The number of fused-ring (bicyclic) bond motifs is 3. The first-order valence-electron chi connectivity index (χ1n) is 6.28. The average molecular weight is 216 g/mol. The number of hydrogen-bond acceptors (Lipinski definition) is 2. The fourth-order valence-corrected chi connectivity index (χ4v) is 3.38. The van der Waals surface area contributed by atoms with Crippen molar-refractivity contribution in [2.24, 2.45) is 0 Å². The van der Waals surface area contributed by atoms with Gasteiger partial charge >= 0.3 is 0 Å². The minimum Gasteiger partial charge on any atom is -0.362 e. The van der Waals surface area contributed by atoms with Gasteiger partial charge in [0.1, 0.15) is 0 Å². The molecule has 2 heteroatoms. The first-order valence-corrected chi connectivity index (χ1v) is 6.28. The molecule has 0 saturated carbocycles. The van der Waals surface area contributed by atoms with E-state index in [4.69, 9.17) is 0 Å². The summed E-state index contributed by atoms with van der Waals surface area (Å²) in [5.41, 5.74) is 4.48. The zero-order valence-electron chi connectivity index (χ0n) is 10.3. The van der Waals surface area contributed by atoms with Gasteiger partial charge in [-0.3, -0.25) is 0 Å². The molecule has 2 heterocycles. The third-order valence-corrected chi connectivity index (χ3v) is 4.22. The molecule has 86 valence electrons. The molecular weight excluding hydrogens is 196 g/mol. The van der Waals surface area contributed by atoms with Gasteiger partial charge in [0.15, 0.2) is 0 Å². The molecule has 0 aliphatic carbocycles. The molecule has 2 nitrogen and oxygen atoms in total. The first-order chi connectivity index (χ1) is 7.70. The summed E-state index contributed by atoms with van der Waals surface area (Å²) in [5.74, 6) is 0.658. The zero-order valence-corrected chi connectivity index (χ0v) is 10.3. The second-order valence-corrected chi connectivity index (χ2v) is 5.28. The Morgan fingerprint density at radius 1 is 1.25 bits per heavy atom. The lowest BCUT2D eigenvalue weighted by molar-refractivity contribution is 0.402. The van der Waals surface area contributed by atoms with E-state index in [9.17, 15) is 0 Å². The molecule has 16 heavy (non-hydrogen) atoms. The Kier molecular flexibility index (Phi) is 2.21. The molecule has 0 radical (unpaired) electrons. The van der Waals surface area contributed by atoms with Gasteiger partial charge in [-0.25, -0.2) is 0 Å². The van der Waals surface area contributed by atoms with Crippen LogP contribution in [0.5, 0.6) is 0 Å². The predicted molar refractivity (Wildman–Crippen MR) is 68.2 cm³/mol. The van der Waals surface area contributed by atoms with Gasteiger partial charge in [-0.1, -0.05) is 25.1 Å². The molecule has 0 aromatic heterocycles. The number of benzene rings is 1. The summed E-state index contributed by atoms with van der Waals surface area (Å²) in [6.45, 7) is 9.16. The number of hydrogen-bond donors (Lipinski definition) is 1. The van der Waals surface area contributed by atoms with Gasteiger partial charge in [-0.15, -0.1) is 0 Å². The minimum absolute atomic E-state index is 0.614. The van der Waals surface area contributed by atoms with Crippen LogP contribution in [0.1, 0.15) is 30.9 Å². The van der Waals surface area contributed by atoms with E-state index in [1.54, 1.807) is 5.56 Å². The Morgan fingerprint density at radius 3 is 2.88 bits per heavy atom. The third-order valence-electron chi connectivity index (χ3n) is 4.22. The number of rotatable bonds is 0. The SMILES string of the molecule is Cc1cccc2c1N1[C@H](C)CNC[C@H]1[C@@H]2C. The van der Waals surface area contributed by atoms with E-state index in [0.717, 1.165) is 13.1 Å². The van der Waals surface area contributed by atoms with Crippen LogP contribution in [-0.4, -0.2) is 25.2 Å². The van der Waals surface area contributed by atoms with E-state index in [2.05, 4.69) is 49.2 Å². The van der Waals surface area contributed by atoms with Gasteiger partial charge in [0.2, 0.25) is 0 Å². The molecule has 0 bridgehead atoms. The highest BCUT2D eigenvalue weighted by Crippen LogP contribution is 2.44. The standard InChI is InChI=1S/C14H20N2/c1-9-5-4-6-12-11(3)13-8-15-7-10(2)16(13)14(9)12/h4-6,10-11,13,15H,7-8H2,1-3H3/t10-,11-,13+/m1/s1. The number of nitrogens with one attached hydrogen (secondary N) is 1. The van der Waals surface area contributed by atoms with Gasteiger partial charge in [0.05, 0.1) is 0 Å². The van der Waals surface area contributed by atoms with E-state index in [1.807, 2.05) is 0 Å². The van der Waals surface area contributed by atoms with Gasteiger partial charge < -0.3 is 10.2 Å². The molecule has 1 N–H and O–H groups in total. The molecule has 1 aromatic rings. The summed E-state index contributed by atoms with van der Waals surface area (Å²) in [5, 5.41) is 3.55. The summed E-state index contributed by atoms with van der Waals surface area (Å²) < 4.78 is 0. The van der Waals surface area contributed by atoms with Crippen molar-refractivity contribution in [3.8, 4) is 0 Å². The van der Waals surface area contributed by atoms with Crippen molar-refractivity contribution in [3.05, 3.63) is 29.3 Å². The van der Waals surface area contributed by atoms with Crippen LogP contribution >= 0.6 is 0 Å². The fraction of sp³-hybridized carbons (Fsp3) is 0.571. The van der Waals surface area contributed by atoms with Crippen molar-refractivity contribution < 1.29 is 0 Å². The highest BCUT2D eigenvalue weighted by atomic mass is 15.3. The Labute approximate surface area is 97.6 Å². The summed E-state index contributed by atoms with van der Waals surface area (Å²) >= 11 is 0. The van der Waals surface area contributed by atoms with E-state index < -0.39 is 0 Å². The number of piperazine rings is 1. The lowest BCUT2D eigenvalue weighted by Gasteiger charge is -2.40. The van der Waals surface area contributed by atoms with Gasteiger partial charge in [0.25, 0.3) is 0 Å². The van der Waals surface area contributed by atoms with E-state index in [0.29, 0.717) is 18.0 Å². The second-order valence-electron chi connectivity index (χ2n) is 5.28. The normalized spacial score (nSPS) is 32.4. The van der Waals surface area contributed by atoms with Crippen LogP contribution in [0.3, 0.4) is 0 Å². The molecule has 1 saturated heterocycles. The summed E-state index contributed by atoms with van der Waals surface area (Å²) in [4.78, 5) is 2.64. The molecular formula is C14H20N2. The monoisotopic (exact) mass is 216 g/mol. The maximum atomic E-state index is 3.55. The van der Waals surface area contributed by atoms with Crippen LogP contribution in [0.4, 0.5) is 5.69 Å². The second kappa shape index (κ2) is 3.49. The summed E-state index contributed by atoms with van der Waals surface area (Å²) in [7, 11) is 0. The smallest absolute Gasteiger partial charge is 0.0484 e. The maximum absolute atomic E-state index is 3.55. The lowest BCUT2D eigenvalue weighted by Crippen LogP contribution is -2.55. The summed E-state index contributed by atoms with van der Waals surface area (Å²) in [6, 6.07) is 8.01. The first kappa shape index (κ1) is 10.2. The van der Waals surface area contributed by atoms with Crippen LogP contribution in [0.25, 0.3) is 0 Å².